The number of ether oxygens (including phenoxy) is 2. The predicted octanol–water partition coefficient (Wildman–Crippen LogP) is 6.77. The number of para-hydroxylation sites is 1. The average Bonchev–Trinajstić information content (AvgIpc) is 3.60. The molecule has 0 unspecified atom stereocenters. The molecule has 2 N–H and O–H groups in total. The van der Waals surface area contributed by atoms with Gasteiger partial charge in [0.25, 0.3) is 0 Å². The second-order valence-corrected chi connectivity index (χ2v) is 10.2. The first-order valence-corrected chi connectivity index (χ1v) is 13.8. The highest BCUT2D eigenvalue weighted by molar-refractivity contribution is 5.89. The van der Waals surface area contributed by atoms with Crippen LogP contribution in [0.1, 0.15) is 42.0 Å². The third-order valence-electron chi connectivity index (χ3n) is 7.44. The Labute approximate surface area is 236 Å². The molecule has 5 rings (SSSR count). The number of alkyl halides is 3. The van der Waals surface area contributed by atoms with Gasteiger partial charge in [0.05, 0.1) is 19.3 Å². The molecule has 0 radical (unpaired) electrons. The third-order valence-corrected chi connectivity index (χ3v) is 7.44. The van der Waals surface area contributed by atoms with E-state index in [4.69, 9.17) is 19.6 Å². The topological polar surface area (TPSA) is 77.9 Å². The van der Waals surface area contributed by atoms with Crippen molar-refractivity contribution in [2.24, 2.45) is 5.73 Å². The van der Waals surface area contributed by atoms with Gasteiger partial charge in [-0.15, -0.1) is 0 Å². The van der Waals surface area contributed by atoms with Gasteiger partial charge < -0.3 is 19.6 Å². The normalized spacial score (nSPS) is 15.9. The SMILES string of the molecule is CCOC(=O)Cc1ccccc1OCc1coc2c(CN3CCC[C@H]3C(F)(F)F)cc(-c3cccc(CN)c3)cc12. The quantitative estimate of drug-likeness (QED) is 0.214. The molecule has 3 aromatic carbocycles. The summed E-state index contributed by atoms with van der Waals surface area (Å²) in [7, 11) is 0. The summed E-state index contributed by atoms with van der Waals surface area (Å²) in [5, 5.41) is 0.765. The van der Waals surface area contributed by atoms with Crippen molar-refractivity contribution in [1.82, 2.24) is 4.90 Å². The molecule has 1 aromatic heterocycles. The van der Waals surface area contributed by atoms with Crippen molar-refractivity contribution in [2.45, 2.75) is 58.1 Å². The molecule has 1 fully saturated rings. The Hall–Kier alpha value is -3.82. The summed E-state index contributed by atoms with van der Waals surface area (Å²) in [6.45, 7) is 3.05. The van der Waals surface area contributed by atoms with E-state index < -0.39 is 12.2 Å². The van der Waals surface area contributed by atoms with Gasteiger partial charge in [-0.1, -0.05) is 36.4 Å². The smallest absolute Gasteiger partial charge is 0.404 e. The van der Waals surface area contributed by atoms with E-state index in [9.17, 15) is 18.0 Å². The zero-order valence-electron chi connectivity index (χ0n) is 22.9. The van der Waals surface area contributed by atoms with E-state index >= 15 is 0 Å². The van der Waals surface area contributed by atoms with Crippen molar-refractivity contribution < 1.29 is 31.9 Å². The lowest BCUT2D eigenvalue weighted by Gasteiger charge is -2.26. The minimum atomic E-state index is -4.29. The summed E-state index contributed by atoms with van der Waals surface area (Å²) < 4.78 is 58.5. The number of hydrogen-bond donors (Lipinski definition) is 1. The maximum atomic E-state index is 13.8. The number of carbonyl (C=O) groups is 1. The Morgan fingerprint density at radius 3 is 2.66 bits per heavy atom. The molecule has 0 amide bonds. The number of likely N-dealkylation sites (tertiary alicyclic amines) is 1. The molecule has 0 aliphatic carbocycles. The van der Waals surface area contributed by atoms with Crippen LogP contribution in [-0.4, -0.2) is 36.2 Å². The second-order valence-electron chi connectivity index (χ2n) is 10.2. The lowest BCUT2D eigenvalue weighted by molar-refractivity contribution is -0.177. The maximum Gasteiger partial charge on any atom is 0.404 e. The zero-order chi connectivity index (χ0) is 29.0. The van der Waals surface area contributed by atoms with Crippen LogP contribution in [0.2, 0.25) is 0 Å². The summed E-state index contributed by atoms with van der Waals surface area (Å²) in [5.41, 5.74) is 11.3. The van der Waals surface area contributed by atoms with E-state index in [0.29, 0.717) is 48.6 Å². The van der Waals surface area contributed by atoms with Gasteiger partial charge in [-0.3, -0.25) is 9.69 Å². The summed E-state index contributed by atoms with van der Waals surface area (Å²) in [6, 6.07) is 17.5. The van der Waals surface area contributed by atoms with Gasteiger partial charge in [0, 0.05) is 35.2 Å². The number of furan rings is 1. The summed E-state index contributed by atoms with van der Waals surface area (Å²) in [4.78, 5) is 13.6. The second kappa shape index (κ2) is 12.4. The molecule has 41 heavy (non-hydrogen) atoms. The number of nitrogens with zero attached hydrogens (tertiary/aromatic N) is 1. The fraction of sp³-hybridized carbons (Fsp3) is 0.344. The van der Waals surface area contributed by atoms with Crippen LogP contribution in [0.3, 0.4) is 0 Å². The van der Waals surface area contributed by atoms with Gasteiger partial charge in [-0.25, -0.2) is 0 Å². The minimum absolute atomic E-state index is 0.0815. The molecule has 4 aromatic rings. The van der Waals surface area contributed by atoms with Crippen molar-refractivity contribution >= 4 is 16.9 Å². The van der Waals surface area contributed by atoms with E-state index in [-0.39, 0.29) is 32.0 Å². The summed E-state index contributed by atoms with van der Waals surface area (Å²) >= 11 is 0. The van der Waals surface area contributed by atoms with Crippen LogP contribution in [0.25, 0.3) is 22.1 Å². The summed E-state index contributed by atoms with van der Waals surface area (Å²) in [5.74, 6) is 0.206. The number of carbonyl (C=O) groups excluding carboxylic acids is 1. The lowest BCUT2D eigenvalue weighted by Crippen LogP contribution is -2.40. The van der Waals surface area contributed by atoms with Gasteiger partial charge in [-0.2, -0.15) is 13.2 Å². The van der Waals surface area contributed by atoms with Crippen molar-refractivity contribution in [2.75, 3.05) is 13.2 Å². The molecular formula is C32H33F3N2O4. The lowest BCUT2D eigenvalue weighted by atomic mass is 9.97. The Morgan fingerprint density at radius 2 is 1.88 bits per heavy atom. The van der Waals surface area contributed by atoms with E-state index in [1.807, 2.05) is 54.6 Å². The van der Waals surface area contributed by atoms with Crippen LogP contribution >= 0.6 is 0 Å². The number of hydrogen-bond acceptors (Lipinski definition) is 6. The van der Waals surface area contributed by atoms with Crippen molar-refractivity contribution in [3.8, 4) is 16.9 Å². The fourth-order valence-corrected chi connectivity index (χ4v) is 5.45. The average molecular weight is 567 g/mol. The molecular weight excluding hydrogens is 533 g/mol. The van der Waals surface area contributed by atoms with Crippen LogP contribution in [0.4, 0.5) is 13.2 Å². The number of fused-ring (bicyclic) bond motifs is 1. The number of rotatable bonds is 10. The summed E-state index contributed by atoms with van der Waals surface area (Å²) in [6.07, 6.45) is -2.03. The Bertz CT molecular complexity index is 1510. The monoisotopic (exact) mass is 566 g/mol. The number of benzene rings is 3. The molecule has 2 heterocycles. The number of halogens is 3. The van der Waals surface area contributed by atoms with E-state index in [1.165, 1.54) is 4.90 Å². The number of nitrogens with two attached hydrogens (primary N) is 1. The molecule has 0 saturated carbocycles. The molecule has 9 heteroatoms. The van der Waals surface area contributed by atoms with Crippen molar-refractivity contribution in [3.63, 3.8) is 0 Å². The number of esters is 1. The van der Waals surface area contributed by atoms with Crippen LogP contribution < -0.4 is 10.5 Å². The highest BCUT2D eigenvalue weighted by Gasteiger charge is 2.45. The molecule has 1 atom stereocenters. The maximum absolute atomic E-state index is 13.8. The predicted molar refractivity (Wildman–Crippen MR) is 150 cm³/mol. The van der Waals surface area contributed by atoms with Crippen LogP contribution in [0.5, 0.6) is 5.75 Å². The van der Waals surface area contributed by atoms with Crippen molar-refractivity contribution in [3.05, 3.63) is 89.2 Å². The van der Waals surface area contributed by atoms with E-state index in [1.54, 1.807) is 19.3 Å². The third kappa shape index (κ3) is 6.57. The first-order chi connectivity index (χ1) is 19.8. The van der Waals surface area contributed by atoms with Crippen molar-refractivity contribution in [1.29, 1.82) is 0 Å². The van der Waals surface area contributed by atoms with E-state index in [2.05, 4.69) is 0 Å². The highest BCUT2D eigenvalue weighted by Crippen LogP contribution is 2.37. The molecule has 1 aliphatic rings. The highest BCUT2D eigenvalue weighted by atomic mass is 19.4. The molecule has 0 spiro atoms. The molecule has 1 aliphatic heterocycles. The largest absolute Gasteiger partial charge is 0.488 e. The molecule has 0 bridgehead atoms. The Morgan fingerprint density at radius 1 is 1.05 bits per heavy atom. The first kappa shape index (κ1) is 28.7. The van der Waals surface area contributed by atoms with Gasteiger partial charge in [0.2, 0.25) is 0 Å². The molecule has 216 valence electrons. The van der Waals surface area contributed by atoms with Gasteiger partial charge >= 0.3 is 12.1 Å². The minimum Gasteiger partial charge on any atom is -0.488 e. The first-order valence-electron chi connectivity index (χ1n) is 13.8. The van der Waals surface area contributed by atoms with E-state index in [0.717, 1.165) is 27.6 Å². The molecule has 6 nitrogen and oxygen atoms in total. The van der Waals surface area contributed by atoms with Crippen LogP contribution in [0.15, 0.2) is 71.3 Å². The van der Waals surface area contributed by atoms with Crippen LogP contribution in [0, 0.1) is 0 Å². The Kier molecular flexibility index (Phi) is 8.65. The molecule has 1 saturated heterocycles. The Balaban J connectivity index is 1.49. The van der Waals surface area contributed by atoms with Gasteiger partial charge in [0.15, 0.2) is 0 Å². The van der Waals surface area contributed by atoms with Crippen LogP contribution in [-0.2, 0) is 35.6 Å². The fourth-order valence-electron chi connectivity index (χ4n) is 5.45. The zero-order valence-corrected chi connectivity index (χ0v) is 22.9. The van der Waals surface area contributed by atoms with Gasteiger partial charge in [0.1, 0.15) is 24.0 Å². The standard InChI is InChI=1S/C32H33F3N2O4/c1-2-39-30(38)16-23-8-3-4-10-28(23)40-19-26-20-41-31-25(18-37-12-6-11-29(37)32(33,34)35)14-24(15-27(26)31)22-9-5-7-21(13-22)17-36/h3-5,7-10,13-15,20,29H,2,6,11-12,16-19,36H2,1H3/t29-/m0/s1. The van der Waals surface area contributed by atoms with Gasteiger partial charge in [-0.05, 0) is 67.3 Å².